The topological polar surface area (TPSA) is 73.9 Å². The van der Waals surface area contributed by atoms with Crippen LogP contribution in [0.15, 0.2) is 18.2 Å². The lowest BCUT2D eigenvalue weighted by Crippen LogP contribution is -2.56. The SMILES string of the molecule is CCOC(=O)C1(NC(=O)c2ccc3c(c2)OCO3)CCCCC1. The average molecular weight is 319 g/mol. The van der Waals surface area contributed by atoms with Gasteiger partial charge in [0, 0.05) is 5.56 Å². The van der Waals surface area contributed by atoms with E-state index in [2.05, 4.69) is 5.32 Å². The van der Waals surface area contributed by atoms with Crippen LogP contribution in [0.3, 0.4) is 0 Å². The molecule has 0 spiro atoms. The standard InChI is InChI=1S/C17H21NO5/c1-2-21-16(20)17(8-4-3-5-9-17)18-15(19)12-6-7-13-14(10-12)23-11-22-13/h6-7,10H,2-5,8-9,11H2,1H3,(H,18,19). The van der Waals surface area contributed by atoms with Gasteiger partial charge in [-0.1, -0.05) is 19.3 Å². The molecule has 1 heterocycles. The number of carbonyl (C=O) groups excluding carboxylic acids is 2. The molecule has 0 atom stereocenters. The predicted molar refractivity (Wildman–Crippen MR) is 82.5 cm³/mol. The van der Waals surface area contributed by atoms with Crippen molar-refractivity contribution in [3.63, 3.8) is 0 Å². The molecule has 0 unspecified atom stereocenters. The van der Waals surface area contributed by atoms with Gasteiger partial charge in [-0.05, 0) is 38.0 Å². The predicted octanol–water partition coefficient (Wildman–Crippen LogP) is 2.41. The minimum Gasteiger partial charge on any atom is -0.464 e. The molecule has 1 fully saturated rings. The Bertz CT molecular complexity index is 607. The Hall–Kier alpha value is -2.24. The highest BCUT2D eigenvalue weighted by Crippen LogP contribution is 2.33. The van der Waals surface area contributed by atoms with E-state index >= 15 is 0 Å². The molecule has 2 aliphatic rings. The third-order valence-corrected chi connectivity index (χ3v) is 4.36. The maximum Gasteiger partial charge on any atom is 0.331 e. The lowest BCUT2D eigenvalue weighted by Gasteiger charge is -2.35. The number of carbonyl (C=O) groups is 2. The van der Waals surface area contributed by atoms with Gasteiger partial charge in [0.2, 0.25) is 6.79 Å². The van der Waals surface area contributed by atoms with Crippen molar-refractivity contribution in [2.75, 3.05) is 13.4 Å². The molecule has 1 amide bonds. The Morgan fingerprint density at radius 1 is 1.17 bits per heavy atom. The van der Waals surface area contributed by atoms with Crippen LogP contribution < -0.4 is 14.8 Å². The zero-order chi connectivity index (χ0) is 16.3. The van der Waals surface area contributed by atoms with Gasteiger partial charge in [0.1, 0.15) is 5.54 Å². The van der Waals surface area contributed by atoms with Crippen LogP contribution in [0, 0.1) is 0 Å². The Balaban J connectivity index is 1.79. The van der Waals surface area contributed by atoms with Crippen LogP contribution >= 0.6 is 0 Å². The van der Waals surface area contributed by atoms with E-state index in [1.165, 1.54) is 0 Å². The minimum absolute atomic E-state index is 0.160. The van der Waals surface area contributed by atoms with E-state index in [1.807, 2.05) is 0 Å². The summed E-state index contributed by atoms with van der Waals surface area (Å²) in [5.41, 5.74) is -0.467. The third-order valence-electron chi connectivity index (χ3n) is 4.36. The molecule has 1 aliphatic heterocycles. The molecule has 1 aromatic carbocycles. The van der Waals surface area contributed by atoms with Crippen LogP contribution in [0.1, 0.15) is 49.4 Å². The van der Waals surface area contributed by atoms with Crippen molar-refractivity contribution in [3.05, 3.63) is 23.8 Å². The van der Waals surface area contributed by atoms with Gasteiger partial charge in [-0.2, -0.15) is 0 Å². The monoisotopic (exact) mass is 319 g/mol. The Labute approximate surface area is 135 Å². The molecule has 1 saturated carbocycles. The number of amides is 1. The first-order chi connectivity index (χ1) is 11.1. The minimum atomic E-state index is -0.915. The van der Waals surface area contributed by atoms with Gasteiger partial charge >= 0.3 is 5.97 Å². The number of nitrogens with one attached hydrogen (secondary N) is 1. The number of hydrogen-bond donors (Lipinski definition) is 1. The number of esters is 1. The highest BCUT2D eigenvalue weighted by molar-refractivity contribution is 5.98. The summed E-state index contributed by atoms with van der Waals surface area (Å²) >= 11 is 0. The largest absolute Gasteiger partial charge is 0.464 e. The fraction of sp³-hybridized carbons (Fsp3) is 0.529. The normalized spacial score (nSPS) is 18.3. The van der Waals surface area contributed by atoms with Crippen molar-refractivity contribution in [2.45, 2.75) is 44.6 Å². The molecule has 124 valence electrons. The van der Waals surface area contributed by atoms with E-state index in [4.69, 9.17) is 14.2 Å². The van der Waals surface area contributed by atoms with E-state index in [9.17, 15) is 9.59 Å². The summed E-state index contributed by atoms with van der Waals surface area (Å²) < 4.78 is 15.7. The first-order valence-electron chi connectivity index (χ1n) is 8.04. The molecule has 1 aromatic rings. The molecule has 3 rings (SSSR count). The van der Waals surface area contributed by atoms with E-state index in [0.29, 0.717) is 36.5 Å². The number of hydrogen-bond acceptors (Lipinski definition) is 5. The van der Waals surface area contributed by atoms with Crippen molar-refractivity contribution >= 4 is 11.9 Å². The van der Waals surface area contributed by atoms with Gasteiger partial charge in [-0.25, -0.2) is 4.79 Å². The molecule has 6 nitrogen and oxygen atoms in total. The average Bonchev–Trinajstić information content (AvgIpc) is 3.03. The summed E-state index contributed by atoms with van der Waals surface area (Å²) in [5.74, 6) is 0.540. The van der Waals surface area contributed by atoms with Crippen molar-refractivity contribution < 1.29 is 23.8 Å². The summed E-state index contributed by atoms with van der Waals surface area (Å²) in [7, 11) is 0. The summed E-state index contributed by atoms with van der Waals surface area (Å²) in [6, 6.07) is 5.01. The molecular formula is C17H21NO5. The highest BCUT2D eigenvalue weighted by atomic mass is 16.7. The summed E-state index contributed by atoms with van der Waals surface area (Å²) in [4.78, 5) is 25.0. The first-order valence-corrected chi connectivity index (χ1v) is 8.04. The molecule has 0 radical (unpaired) electrons. The molecule has 0 aromatic heterocycles. The van der Waals surface area contributed by atoms with Gasteiger partial charge in [0.25, 0.3) is 5.91 Å². The van der Waals surface area contributed by atoms with E-state index in [0.717, 1.165) is 19.3 Å². The fourth-order valence-corrected chi connectivity index (χ4v) is 3.13. The maximum absolute atomic E-state index is 12.6. The number of rotatable bonds is 4. The van der Waals surface area contributed by atoms with Crippen molar-refractivity contribution in [2.24, 2.45) is 0 Å². The third kappa shape index (κ3) is 3.11. The van der Waals surface area contributed by atoms with Crippen LogP contribution in [0.2, 0.25) is 0 Å². The van der Waals surface area contributed by atoms with Crippen LogP contribution in [0.25, 0.3) is 0 Å². The first kappa shape index (κ1) is 15.6. The van der Waals surface area contributed by atoms with E-state index < -0.39 is 5.54 Å². The van der Waals surface area contributed by atoms with Crippen molar-refractivity contribution in [1.29, 1.82) is 0 Å². The fourth-order valence-electron chi connectivity index (χ4n) is 3.13. The van der Waals surface area contributed by atoms with Gasteiger partial charge < -0.3 is 19.5 Å². The number of ether oxygens (including phenoxy) is 3. The lowest BCUT2D eigenvalue weighted by atomic mass is 9.81. The second kappa shape index (κ2) is 6.48. The molecule has 23 heavy (non-hydrogen) atoms. The molecule has 0 saturated heterocycles. The summed E-state index contributed by atoms with van der Waals surface area (Å²) in [5, 5.41) is 2.91. The maximum atomic E-state index is 12.6. The molecule has 0 bridgehead atoms. The summed E-state index contributed by atoms with van der Waals surface area (Å²) in [6.07, 6.45) is 4.10. The van der Waals surface area contributed by atoms with E-state index in [-0.39, 0.29) is 18.7 Å². The number of benzene rings is 1. The van der Waals surface area contributed by atoms with E-state index in [1.54, 1.807) is 25.1 Å². The Kier molecular flexibility index (Phi) is 4.41. The van der Waals surface area contributed by atoms with Gasteiger partial charge in [-0.15, -0.1) is 0 Å². The van der Waals surface area contributed by atoms with Crippen LogP contribution in [0.4, 0.5) is 0 Å². The van der Waals surface area contributed by atoms with Crippen molar-refractivity contribution in [3.8, 4) is 11.5 Å². The van der Waals surface area contributed by atoms with Gasteiger partial charge in [-0.3, -0.25) is 4.79 Å². The quantitative estimate of drug-likeness (QED) is 0.863. The van der Waals surface area contributed by atoms with Crippen molar-refractivity contribution in [1.82, 2.24) is 5.32 Å². The highest BCUT2D eigenvalue weighted by Gasteiger charge is 2.42. The van der Waals surface area contributed by atoms with Gasteiger partial charge in [0.15, 0.2) is 11.5 Å². The summed E-state index contributed by atoms with van der Waals surface area (Å²) in [6.45, 7) is 2.24. The zero-order valence-corrected chi connectivity index (χ0v) is 13.2. The smallest absolute Gasteiger partial charge is 0.331 e. The molecule has 6 heteroatoms. The second-order valence-electron chi connectivity index (χ2n) is 5.89. The van der Waals surface area contributed by atoms with Crippen LogP contribution in [-0.4, -0.2) is 30.8 Å². The lowest BCUT2D eigenvalue weighted by molar-refractivity contribution is -0.152. The molecule has 1 N–H and O–H groups in total. The Morgan fingerprint density at radius 3 is 2.65 bits per heavy atom. The Morgan fingerprint density at radius 2 is 1.91 bits per heavy atom. The van der Waals surface area contributed by atoms with Gasteiger partial charge in [0.05, 0.1) is 6.61 Å². The van der Waals surface area contributed by atoms with Crippen LogP contribution in [0.5, 0.6) is 11.5 Å². The molecular weight excluding hydrogens is 298 g/mol. The number of fused-ring (bicyclic) bond motifs is 1. The second-order valence-corrected chi connectivity index (χ2v) is 5.89. The zero-order valence-electron chi connectivity index (χ0n) is 13.2. The molecule has 1 aliphatic carbocycles. The van der Waals surface area contributed by atoms with Crippen LogP contribution in [-0.2, 0) is 9.53 Å².